The highest BCUT2D eigenvalue weighted by atomic mass is 16.3. The first-order valence-electron chi connectivity index (χ1n) is 7.75. The average Bonchev–Trinajstić information content (AvgIpc) is 2.75. The summed E-state index contributed by atoms with van der Waals surface area (Å²) in [5.74, 6) is 1.12. The van der Waals surface area contributed by atoms with E-state index in [9.17, 15) is 5.11 Å². The molecule has 0 bridgehead atoms. The van der Waals surface area contributed by atoms with Crippen LogP contribution in [0.1, 0.15) is 49.1 Å². The summed E-state index contributed by atoms with van der Waals surface area (Å²) in [5, 5.41) is 13.4. The van der Waals surface area contributed by atoms with Crippen LogP contribution in [-0.4, -0.2) is 15.1 Å². The average molecular weight is 297 g/mol. The van der Waals surface area contributed by atoms with Crippen molar-refractivity contribution in [3.8, 4) is 0 Å². The number of hydrogen-bond acceptors (Lipinski definition) is 4. The number of aliphatic hydroxyl groups is 1. The van der Waals surface area contributed by atoms with E-state index in [0.29, 0.717) is 17.4 Å². The van der Waals surface area contributed by atoms with Gasteiger partial charge in [-0.25, -0.2) is 9.97 Å². The van der Waals surface area contributed by atoms with Gasteiger partial charge in [-0.3, -0.25) is 0 Å². The van der Waals surface area contributed by atoms with E-state index in [1.807, 2.05) is 0 Å². The third-order valence-electron chi connectivity index (χ3n) is 4.39. The second kappa shape index (κ2) is 5.36. The largest absolute Gasteiger partial charge is 0.386 e. The van der Waals surface area contributed by atoms with E-state index in [1.165, 1.54) is 16.7 Å². The molecule has 0 saturated heterocycles. The number of aryl methyl sites for hydroxylation is 1. The Balaban J connectivity index is 1.83. The molecule has 116 valence electrons. The van der Waals surface area contributed by atoms with E-state index in [1.54, 1.807) is 26.2 Å². The minimum atomic E-state index is -0.914. The zero-order chi connectivity index (χ0) is 15.9. The smallest absolute Gasteiger partial charge is 0.223 e. The lowest BCUT2D eigenvalue weighted by Crippen LogP contribution is -2.19. The monoisotopic (exact) mass is 297 g/mol. The highest BCUT2D eigenvalue weighted by Crippen LogP contribution is 2.38. The Bertz CT molecular complexity index is 674. The molecule has 2 N–H and O–H groups in total. The molecule has 4 heteroatoms. The maximum absolute atomic E-state index is 9.97. The van der Waals surface area contributed by atoms with E-state index >= 15 is 0 Å². The van der Waals surface area contributed by atoms with E-state index in [4.69, 9.17) is 0 Å². The van der Waals surface area contributed by atoms with Crippen LogP contribution in [0.25, 0.3) is 0 Å². The lowest BCUT2D eigenvalue weighted by atomic mass is 10.0. The minimum Gasteiger partial charge on any atom is -0.386 e. The van der Waals surface area contributed by atoms with Gasteiger partial charge in [0.05, 0.1) is 11.6 Å². The molecule has 1 unspecified atom stereocenters. The summed E-state index contributed by atoms with van der Waals surface area (Å²) in [4.78, 5) is 8.71. The zero-order valence-electron chi connectivity index (χ0n) is 13.6. The molecule has 22 heavy (non-hydrogen) atoms. The lowest BCUT2D eigenvalue weighted by molar-refractivity contribution is 0.0778. The minimum absolute atomic E-state index is 0.239. The third-order valence-corrected chi connectivity index (χ3v) is 4.39. The number of nitrogens with zero attached hydrogens (tertiary/aromatic N) is 2. The first-order valence-corrected chi connectivity index (χ1v) is 7.75. The van der Waals surface area contributed by atoms with Crippen molar-refractivity contribution in [2.45, 2.75) is 45.8 Å². The van der Waals surface area contributed by atoms with Gasteiger partial charge in [0.25, 0.3) is 0 Å². The van der Waals surface area contributed by atoms with Crippen molar-refractivity contribution in [1.29, 1.82) is 0 Å². The molecule has 1 aliphatic rings. The van der Waals surface area contributed by atoms with Gasteiger partial charge in [-0.15, -0.1) is 0 Å². The van der Waals surface area contributed by atoms with E-state index in [2.05, 4.69) is 47.3 Å². The van der Waals surface area contributed by atoms with Gasteiger partial charge in [-0.1, -0.05) is 30.7 Å². The van der Waals surface area contributed by atoms with Crippen LogP contribution in [0.5, 0.6) is 0 Å². The molecule has 4 nitrogen and oxygen atoms in total. The Morgan fingerprint density at radius 2 is 1.91 bits per heavy atom. The summed E-state index contributed by atoms with van der Waals surface area (Å²) in [6.07, 6.45) is 4.45. The van der Waals surface area contributed by atoms with Gasteiger partial charge in [0.2, 0.25) is 5.95 Å². The van der Waals surface area contributed by atoms with Crippen molar-refractivity contribution in [3.05, 3.63) is 52.8 Å². The fraction of sp³-hybridized carbons (Fsp3) is 0.444. The SMILES string of the molecule is Cc1ccc2c(c1)C(Nc1ncc(C(C)(C)O)cn1)[C@@H](C)C2. The summed E-state index contributed by atoms with van der Waals surface area (Å²) in [6.45, 7) is 7.83. The fourth-order valence-electron chi connectivity index (χ4n) is 3.04. The van der Waals surface area contributed by atoms with Gasteiger partial charge >= 0.3 is 0 Å². The highest BCUT2D eigenvalue weighted by Gasteiger charge is 2.30. The van der Waals surface area contributed by atoms with Crippen molar-refractivity contribution in [2.24, 2.45) is 5.92 Å². The zero-order valence-corrected chi connectivity index (χ0v) is 13.6. The van der Waals surface area contributed by atoms with Crippen molar-refractivity contribution >= 4 is 5.95 Å². The number of rotatable bonds is 3. The summed E-state index contributed by atoms with van der Waals surface area (Å²) in [6, 6.07) is 6.88. The normalized spacial score (nSPS) is 20.8. The van der Waals surface area contributed by atoms with E-state index in [0.717, 1.165) is 6.42 Å². The molecule has 1 aliphatic carbocycles. The van der Waals surface area contributed by atoms with Crippen LogP contribution in [-0.2, 0) is 12.0 Å². The van der Waals surface area contributed by atoms with Gasteiger partial charge in [-0.05, 0) is 44.2 Å². The standard InChI is InChI=1S/C18H23N3O/c1-11-5-6-13-8-12(2)16(15(13)7-11)21-17-19-9-14(10-20-17)18(3,4)22/h5-7,9-10,12,16,22H,8H2,1-4H3,(H,19,20,21)/t12-,16?/m0/s1. The Labute approximate surface area is 131 Å². The fourth-order valence-corrected chi connectivity index (χ4v) is 3.04. The highest BCUT2D eigenvalue weighted by molar-refractivity contribution is 5.43. The summed E-state index contributed by atoms with van der Waals surface area (Å²) < 4.78 is 0. The van der Waals surface area contributed by atoms with Gasteiger partial charge in [0.1, 0.15) is 0 Å². The van der Waals surface area contributed by atoms with Gasteiger partial charge in [0.15, 0.2) is 0 Å². The molecule has 1 heterocycles. The summed E-state index contributed by atoms with van der Waals surface area (Å²) >= 11 is 0. The molecular formula is C18H23N3O. The maximum Gasteiger partial charge on any atom is 0.223 e. The molecule has 0 aliphatic heterocycles. The van der Waals surface area contributed by atoms with E-state index in [-0.39, 0.29) is 6.04 Å². The topological polar surface area (TPSA) is 58.0 Å². The second-order valence-electron chi connectivity index (χ2n) is 6.86. The van der Waals surface area contributed by atoms with Crippen LogP contribution >= 0.6 is 0 Å². The Kier molecular flexibility index (Phi) is 3.65. The molecule has 2 aromatic rings. The van der Waals surface area contributed by atoms with Crippen LogP contribution in [0.2, 0.25) is 0 Å². The van der Waals surface area contributed by atoms with Crippen LogP contribution in [0.4, 0.5) is 5.95 Å². The number of aromatic nitrogens is 2. The second-order valence-corrected chi connectivity index (χ2v) is 6.86. The number of fused-ring (bicyclic) bond motifs is 1. The van der Waals surface area contributed by atoms with Gasteiger partial charge in [-0.2, -0.15) is 0 Å². The molecule has 0 radical (unpaired) electrons. The molecule has 0 saturated carbocycles. The number of nitrogens with one attached hydrogen (secondary N) is 1. The quantitative estimate of drug-likeness (QED) is 0.912. The molecule has 3 rings (SSSR count). The molecule has 1 aromatic heterocycles. The first kappa shape index (κ1) is 15.0. The van der Waals surface area contributed by atoms with Crippen molar-refractivity contribution in [3.63, 3.8) is 0 Å². The Morgan fingerprint density at radius 3 is 2.55 bits per heavy atom. The molecular weight excluding hydrogens is 274 g/mol. The molecule has 0 spiro atoms. The number of benzene rings is 1. The first-order chi connectivity index (χ1) is 10.3. The van der Waals surface area contributed by atoms with Crippen LogP contribution in [0.3, 0.4) is 0 Å². The van der Waals surface area contributed by atoms with Gasteiger partial charge in [0, 0.05) is 18.0 Å². The summed E-state index contributed by atoms with van der Waals surface area (Å²) in [5.41, 5.74) is 3.83. The van der Waals surface area contributed by atoms with Crippen molar-refractivity contribution < 1.29 is 5.11 Å². The number of anilines is 1. The molecule has 0 amide bonds. The van der Waals surface area contributed by atoms with Crippen LogP contribution in [0, 0.1) is 12.8 Å². The van der Waals surface area contributed by atoms with Crippen LogP contribution in [0.15, 0.2) is 30.6 Å². The predicted octanol–water partition coefficient (Wildman–Crippen LogP) is 3.36. The lowest BCUT2D eigenvalue weighted by Gasteiger charge is -2.20. The molecule has 1 aromatic carbocycles. The Hall–Kier alpha value is -1.94. The third kappa shape index (κ3) is 2.83. The van der Waals surface area contributed by atoms with Gasteiger partial charge < -0.3 is 10.4 Å². The number of hydrogen-bond donors (Lipinski definition) is 2. The maximum atomic E-state index is 9.97. The molecule has 2 atom stereocenters. The van der Waals surface area contributed by atoms with Crippen molar-refractivity contribution in [1.82, 2.24) is 9.97 Å². The van der Waals surface area contributed by atoms with Crippen LogP contribution < -0.4 is 5.32 Å². The van der Waals surface area contributed by atoms with E-state index < -0.39 is 5.60 Å². The molecule has 0 fully saturated rings. The predicted molar refractivity (Wildman–Crippen MR) is 87.7 cm³/mol. The Morgan fingerprint density at radius 1 is 1.23 bits per heavy atom. The summed E-state index contributed by atoms with van der Waals surface area (Å²) in [7, 11) is 0. The van der Waals surface area contributed by atoms with Crippen molar-refractivity contribution in [2.75, 3.05) is 5.32 Å².